The molecule has 2 aromatic rings. The first-order valence-corrected chi connectivity index (χ1v) is 6.20. The van der Waals surface area contributed by atoms with Crippen molar-refractivity contribution >= 4 is 11.0 Å². The number of fused-ring (bicyclic) bond motifs is 1. The number of hydrogen-bond acceptors (Lipinski definition) is 3. The highest BCUT2D eigenvalue weighted by molar-refractivity contribution is 5.79. The van der Waals surface area contributed by atoms with Crippen molar-refractivity contribution in [3.8, 4) is 0 Å². The lowest BCUT2D eigenvalue weighted by atomic mass is 9.95. The lowest BCUT2D eigenvalue weighted by Crippen LogP contribution is -2.38. The summed E-state index contributed by atoms with van der Waals surface area (Å²) in [6.45, 7) is 1.00. The molecule has 3 heterocycles. The molecule has 0 aliphatic carbocycles. The molecule has 90 valence electrons. The number of aromatic amines is 1. The van der Waals surface area contributed by atoms with Gasteiger partial charge >= 0.3 is 0 Å². The van der Waals surface area contributed by atoms with Crippen LogP contribution in [0.3, 0.4) is 0 Å². The molecule has 0 spiro atoms. The smallest absolute Gasteiger partial charge is 0.137 e. The average Bonchev–Trinajstić information content (AvgIpc) is 2.83. The highest BCUT2D eigenvalue weighted by atomic mass is 16.3. The highest BCUT2D eigenvalue weighted by Crippen LogP contribution is 2.28. The maximum atomic E-state index is 10.4. The standard InChI is InChI=1S/C13H17N3O/c17-12(11-5-1-2-6-14-11)10-8-16-13-9(10)4-3-7-15-13/h3-4,7-8,11-12,14,17H,1-2,5-6H2,(H,15,16). The Balaban J connectivity index is 1.92. The molecule has 17 heavy (non-hydrogen) atoms. The van der Waals surface area contributed by atoms with Crippen LogP contribution in [0.1, 0.15) is 30.9 Å². The van der Waals surface area contributed by atoms with E-state index < -0.39 is 6.10 Å². The third kappa shape index (κ3) is 1.94. The number of pyridine rings is 1. The van der Waals surface area contributed by atoms with E-state index in [1.165, 1.54) is 12.8 Å². The SMILES string of the molecule is OC(c1c[nH]c2ncccc12)C1CCCCN1. The number of nitrogens with one attached hydrogen (secondary N) is 2. The molecule has 1 fully saturated rings. The van der Waals surface area contributed by atoms with Gasteiger partial charge in [-0.25, -0.2) is 4.98 Å². The second-order valence-electron chi connectivity index (χ2n) is 4.64. The van der Waals surface area contributed by atoms with Crippen molar-refractivity contribution in [2.75, 3.05) is 6.54 Å². The summed E-state index contributed by atoms with van der Waals surface area (Å²) in [5.74, 6) is 0. The van der Waals surface area contributed by atoms with Gasteiger partial charge in [0.15, 0.2) is 0 Å². The molecule has 1 saturated heterocycles. The van der Waals surface area contributed by atoms with Crippen molar-refractivity contribution in [2.24, 2.45) is 0 Å². The quantitative estimate of drug-likeness (QED) is 0.737. The van der Waals surface area contributed by atoms with Gasteiger partial charge in [0.25, 0.3) is 0 Å². The van der Waals surface area contributed by atoms with Gasteiger partial charge in [0, 0.05) is 29.4 Å². The van der Waals surface area contributed by atoms with E-state index in [1.807, 2.05) is 18.3 Å². The van der Waals surface area contributed by atoms with Crippen molar-refractivity contribution in [1.29, 1.82) is 0 Å². The predicted molar refractivity (Wildman–Crippen MR) is 66.7 cm³/mol. The Morgan fingerprint density at radius 2 is 2.35 bits per heavy atom. The minimum absolute atomic E-state index is 0.169. The Bertz CT molecular complexity index is 502. The molecular formula is C13H17N3O. The fourth-order valence-corrected chi connectivity index (χ4v) is 2.59. The van der Waals surface area contributed by atoms with Crippen LogP contribution in [0, 0.1) is 0 Å². The predicted octanol–water partition coefficient (Wildman–Crippen LogP) is 1.74. The molecule has 0 radical (unpaired) electrons. The van der Waals surface area contributed by atoms with Gasteiger partial charge in [-0.1, -0.05) is 6.42 Å². The molecule has 2 atom stereocenters. The summed E-state index contributed by atoms with van der Waals surface area (Å²) in [5, 5.41) is 14.8. The molecular weight excluding hydrogens is 214 g/mol. The zero-order valence-electron chi connectivity index (χ0n) is 9.69. The van der Waals surface area contributed by atoms with E-state index in [1.54, 1.807) is 6.20 Å². The number of hydrogen-bond donors (Lipinski definition) is 3. The van der Waals surface area contributed by atoms with Crippen molar-refractivity contribution in [1.82, 2.24) is 15.3 Å². The largest absolute Gasteiger partial charge is 0.387 e. The van der Waals surface area contributed by atoms with Gasteiger partial charge in [-0.15, -0.1) is 0 Å². The first-order valence-electron chi connectivity index (χ1n) is 6.20. The monoisotopic (exact) mass is 231 g/mol. The summed E-state index contributed by atoms with van der Waals surface area (Å²) < 4.78 is 0. The van der Waals surface area contributed by atoms with Gasteiger partial charge in [0.1, 0.15) is 5.65 Å². The number of nitrogens with zero attached hydrogens (tertiary/aromatic N) is 1. The topological polar surface area (TPSA) is 60.9 Å². The van der Waals surface area contributed by atoms with E-state index in [0.29, 0.717) is 0 Å². The van der Waals surface area contributed by atoms with Crippen LogP contribution in [0.5, 0.6) is 0 Å². The van der Waals surface area contributed by atoms with Gasteiger partial charge in [0.2, 0.25) is 0 Å². The minimum atomic E-state index is -0.451. The van der Waals surface area contributed by atoms with E-state index in [-0.39, 0.29) is 6.04 Å². The lowest BCUT2D eigenvalue weighted by Gasteiger charge is -2.27. The molecule has 2 aromatic heterocycles. The number of aliphatic hydroxyl groups excluding tert-OH is 1. The molecule has 1 aliphatic heterocycles. The van der Waals surface area contributed by atoms with Crippen LogP contribution in [0.15, 0.2) is 24.5 Å². The zero-order chi connectivity index (χ0) is 11.7. The van der Waals surface area contributed by atoms with E-state index in [9.17, 15) is 5.11 Å². The molecule has 0 bridgehead atoms. The Kier molecular flexibility index (Phi) is 2.82. The van der Waals surface area contributed by atoms with E-state index in [4.69, 9.17) is 0 Å². The summed E-state index contributed by atoms with van der Waals surface area (Å²) in [5.41, 5.74) is 1.80. The summed E-state index contributed by atoms with van der Waals surface area (Å²) in [7, 11) is 0. The highest BCUT2D eigenvalue weighted by Gasteiger charge is 2.24. The van der Waals surface area contributed by atoms with Gasteiger partial charge in [-0.3, -0.25) is 0 Å². The first kappa shape index (κ1) is 10.7. The van der Waals surface area contributed by atoms with Crippen LogP contribution < -0.4 is 5.32 Å². The molecule has 4 nitrogen and oxygen atoms in total. The van der Waals surface area contributed by atoms with Gasteiger partial charge in [-0.2, -0.15) is 0 Å². The van der Waals surface area contributed by atoms with E-state index >= 15 is 0 Å². The van der Waals surface area contributed by atoms with Crippen LogP contribution in [0.25, 0.3) is 11.0 Å². The van der Waals surface area contributed by atoms with Crippen LogP contribution in [0.2, 0.25) is 0 Å². The molecule has 2 unspecified atom stereocenters. The Morgan fingerprint density at radius 3 is 3.18 bits per heavy atom. The second-order valence-corrected chi connectivity index (χ2v) is 4.64. The van der Waals surface area contributed by atoms with Crippen molar-refractivity contribution in [3.63, 3.8) is 0 Å². The van der Waals surface area contributed by atoms with Crippen LogP contribution in [-0.4, -0.2) is 27.7 Å². The normalized spacial score (nSPS) is 22.8. The van der Waals surface area contributed by atoms with Crippen molar-refractivity contribution in [2.45, 2.75) is 31.4 Å². The van der Waals surface area contributed by atoms with E-state index in [2.05, 4.69) is 15.3 Å². The Labute approximate surface area is 100 Å². The fourth-order valence-electron chi connectivity index (χ4n) is 2.59. The average molecular weight is 231 g/mol. The molecule has 3 rings (SSSR count). The molecule has 1 aliphatic rings. The second kappa shape index (κ2) is 4.47. The molecule has 0 amide bonds. The van der Waals surface area contributed by atoms with Crippen LogP contribution in [0.4, 0.5) is 0 Å². The fraction of sp³-hybridized carbons (Fsp3) is 0.462. The number of piperidine rings is 1. The zero-order valence-corrected chi connectivity index (χ0v) is 9.69. The number of aliphatic hydroxyl groups is 1. The third-order valence-electron chi connectivity index (χ3n) is 3.53. The number of H-pyrrole nitrogens is 1. The van der Waals surface area contributed by atoms with E-state index in [0.717, 1.165) is 29.6 Å². The van der Waals surface area contributed by atoms with Crippen LogP contribution in [-0.2, 0) is 0 Å². The Morgan fingerprint density at radius 1 is 1.41 bits per heavy atom. The molecule has 4 heteroatoms. The molecule has 3 N–H and O–H groups in total. The van der Waals surface area contributed by atoms with Gasteiger partial charge in [-0.05, 0) is 31.5 Å². The number of aromatic nitrogens is 2. The first-order chi connectivity index (χ1) is 8.36. The Hall–Kier alpha value is -1.39. The summed E-state index contributed by atoms with van der Waals surface area (Å²) in [6, 6.07) is 4.07. The number of rotatable bonds is 2. The minimum Gasteiger partial charge on any atom is -0.387 e. The van der Waals surface area contributed by atoms with Crippen molar-refractivity contribution < 1.29 is 5.11 Å². The third-order valence-corrected chi connectivity index (χ3v) is 3.53. The van der Waals surface area contributed by atoms with Gasteiger partial charge < -0.3 is 15.4 Å². The maximum absolute atomic E-state index is 10.4. The van der Waals surface area contributed by atoms with Crippen LogP contribution >= 0.6 is 0 Å². The lowest BCUT2D eigenvalue weighted by molar-refractivity contribution is 0.115. The summed E-state index contributed by atoms with van der Waals surface area (Å²) in [6.07, 6.45) is 6.61. The molecule has 0 aromatic carbocycles. The van der Waals surface area contributed by atoms with Gasteiger partial charge in [0.05, 0.1) is 6.10 Å². The molecule has 0 saturated carbocycles. The maximum Gasteiger partial charge on any atom is 0.137 e. The van der Waals surface area contributed by atoms with Crippen molar-refractivity contribution in [3.05, 3.63) is 30.1 Å². The summed E-state index contributed by atoms with van der Waals surface area (Å²) >= 11 is 0. The summed E-state index contributed by atoms with van der Waals surface area (Å²) in [4.78, 5) is 7.35.